The molecule has 0 radical (unpaired) electrons. The number of carbonyl (C=O) groups is 3. The van der Waals surface area contributed by atoms with E-state index in [0.717, 1.165) is 22.3 Å². The number of nitrogens with zero attached hydrogens (tertiary/aromatic N) is 1. The van der Waals surface area contributed by atoms with Crippen LogP contribution in [0.15, 0.2) is 48.5 Å². The summed E-state index contributed by atoms with van der Waals surface area (Å²) >= 11 is 0. The lowest BCUT2D eigenvalue weighted by Gasteiger charge is -2.45. The molecule has 2 aromatic rings. The second-order valence-electron chi connectivity index (χ2n) is 7.62. The minimum atomic E-state index is -1.18. The van der Waals surface area contributed by atoms with Crippen LogP contribution in [0.4, 0.5) is 4.79 Å². The van der Waals surface area contributed by atoms with Crippen molar-refractivity contribution in [3.05, 3.63) is 59.7 Å². The number of hydrogen-bond acceptors (Lipinski definition) is 4. The largest absolute Gasteiger partial charge is 0.481 e. The quantitative estimate of drug-likeness (QED) is 0.862. The lowest BCUT2D eigenvalue weighted by atomic mass is 9.76. The van der Waals surface area contributed by atoms with Crippen LogP contribution in [0.3, 0.4) is 0 Å². The first-order chi connectivity index (χ1) is 13.4. The second-order valence-corrected chi connectivity index (χ2v) is 7.62. The van der Waals surface area contributed by atoms with E-state index in [-0.39, 0.29) is 37.8 Å². The first-order valence-electron chi connectivity index (χ1n) is 9.24. The summed E-state index contributed by atoms with van der Waals surface area (Å²) in [4.78, 5) is 36.7. The molecule has 1 N–H and O–H groups in total. The number of rotatable bonds is 5. The Kier molecular flexibility index (Phi) is 4.41. The molecule has 0 saturated carbocycles. The van der Waals surface area contributed by atoms with Crippen molar-refractivity contribution in [3.63, 3.8) is 0 Å². The number of hydrogen-bond donors (Lipinski definition) is 1. The fourth-order valence-corrected chi connectivity index (χ4v) is 4.30. The molecular weight excluding hydrogens is 358 g/mol. The van der Waals surface area contributed by atoms with Crippen molar-refractivity contribution in [1.82, 2.24) is 4.90 Å². The zero-order chi connectivity index (χ0) is 19.9. The Morgan fingerprint density at radius 2 is 1.57 bits per heavy atom. The van der Waals surface area contributed by atoms with Gasteiger partial charge >= 0.3 is 12.1 Å². The van der Waals surface area contributed by atoms with E-state index >= 15 is 0 Å². The number of Topliss-reactive ketones (excluding diaryl/α,β-unsaturated/α-hetero) is 1. The Balaban J connectivity index is 1.44. The number of carboxylic acid groups (broad SMARTS) is 1. The van der Waals surface area contributed by atoms with E-state index in [2.05, 4.69) is 12.1 Å². The molecule has 1 aliphatic heterocycles. The van der Waals surface area contributed by atoms with Crippen molar-refractivity contribution in [2.75, 3.05) is 19.7 Å². The summed E-state index contributed by atoms with van der Waals surface area (Å²) in [5.74, 6) is -1.29. The van der Waals surface area contributed by atoms with Crippen LogP contribution in [0.2, 0.25) is 0 Å². The average Bonchev–Trinajstić information content (AvgIpc) is 2.96. The Bertz CT molecular complexity index is 915. The molecule has 2 aliphatic rings. The maximum Gasteiger partial charge on any atom is 0.409 e. The van der Waals surface area contributed by atoms with Gasteiger partial charge in [0.05, 0.1) is 0 Å². The molecule has 0 unspecified atom stereocenters. The normalized spacial score (nSPS) is 16.7. The fraction of sp³-hybridized carbons (Fsp3) is 0.318. The van der Waals surface area contributed by atoms with Crippen LogP contribution >= 0.6 is 0 Å². The zero-order valence-corrected chi connectivity index (χ0v) is 15.6. The maximum absolute atomic E-state index is 12.4. The molecule has 4 rings (SSSR count). The average molecular weight is 379 g/mol. The number of ether oxygens (including phenoxy) is 1. The molecule has 0 bridgehead atoms. The molecule has 6 nitrogen and oxygen atoms in total. The fourth-order valence-electron chi connectivity index (χ4n) is 4.30. The molecule has 2 aromatic carbocycles. The number of fused-ring (bicyclic) bond motifs is 3. The molecule has 1 amide bonds. The first kappa shape index (κ1) is 18.2. The SMILES string of the molecule is CC(=O)CC1(C(=O)O)CN(C(=O)OCC2c3ccccc3-c3ccccc32)C1. The van der Waals surface area contributed by atoms with Crippen LogP contribution in [-0.4, -0.2) is 47.5 Å². The van der Waals surface area contributed by atoms with E-state index in [1.54, 1.807) is 0 Å². The van der Waals surface area contributed by atoms with Gasteiger partial charge in [-0.2, -0.15) is 0 Å². The number of likely N-dealkylation sites (tertiary alicyclic amines) is 1. The summed E-state index contributed by atoms with van der Waals surface area (Å²) in [6.07, 6.45) is -0.613. The van der Waals surface area contributed by atoms with Gasteiger partial charge < -0.3 is 14.7 Å². The lowest BCUT2D eigenvalue weighted by molar-refractivity contribution is -0.161. The van der Waals surface area contributed by atoms with E-state index in [1.807, 2.05) is 36.4 Å². The Hall–Kier alpha value is -3.15. The molecule has 1 saturated heterocycles. The number of aliphatic carboxylic acids is 1. The van der Waals surface area contributed by atoms with Crippen molar-refractivity contribution >= 4 is 17.8 Å². The van der Waals surface area contributed by atoms with E-state index in [4.69, 9.17) is 4.74 Å². The van der Waals surface area contributed by atoms with E-state index in [1.165, 1.54) is 11.8 Å². The van der Waals surface area contributed by atoms with Crippen LogP contribution in [0.25, 0.3) is 11.1 Å². The van der Waals surface area contributed by atoms with Gasteiger partial charge in [0, 0.05) is 25.4 Å². The summed E-state index contributed by atoms with van der Waals surface area (Å²) in [7, 11) is 0. The highest BCUT2D eigenvalue weighted by molar-refractivity contribution is 5.87. The Labute approximate surface area is 162 Å². The molecule has 28 heavy (non-hydrogen) atoms. The highest BCUT2D eigenvalue weighted by Crippen LogP contribution is 2.44. The third-order valence-electron chi connectivity index (χ3n) is 5.62. The van der Waals surface area contributed by atoms with E-state index in [9.17, 15) is 19.5 Å². The van der Waals surface area contributed by atoms with Crippen molar-refractivity contribution in [3.8, 4) is 11.1 Å². The van der Waals surface area contributed by atoms with E-state index in [0.29, 0.717) is 0 Å². The third-order valence-corrected chi connectivity index (χ3v) is 5.62. The Morgan fingerprint density at radius 3 is 2.07 bits per heavy atom. The van der Waals surface area contributed by atoms with Crippen LogP contribution < -0.4 is 0 Å². The summed E-state index contributed by atoms with van der Waals surface area (Å²) in [6.45, 7) is 1.55. The Morgan fingerprint density at radius 1 is 1.04 bits per heavy atom. The lowest BCUT2D eigenvalue weighted by Crippen LogP contribution is -2.62. The molecular formula is C22H21NO5. The van der Waals surface area contributed by atoms with Gasteiger partial charge in [0.25, 0.3) is 0 Å². The molecule has 1 aliphatic carbocycles. The number of carbonyl (C=O) groups excluding carboxylic acids is 2. The number of benzene rings is 2. The summed E-state index contributed by atoms with van der Waals surface area (Å²) in [6, 6.07) is 16.1. The van der Waals surface area contributed by atoms with Crippen LogP contribution in [0.1, 0.15) is 30.4 Å². The zero-order valence-electron chi connectivity index (χ0n) is 15.6. The van der Waals surface area contributed by atoms with Crippen molar-refractivity contribution in [1.29, 1.82) is 0 Å². The van der Waals surface area contributed by atoms with Gasteiger partial charge in [-0.1, -0.05) is 48.5 Å². The summed E-state index contributed by atoms with van der Waals surface area (Å²) in [5.41, 5.74) is 3.36. The van der Waals surface area contributed by atoms with Gasteiger partial charge in [-0.25, -0.2) is 4.79 Å². The molecule has 6 heteroatoms. The number of amides is 1. The predicted octanol–water partition coefficient (Wildman–Crippen LogP) is 3.30. The molecule has 1 fully saturated rings. The number of carboxylic acids is 1. The van der Waals surface area contributed by atoms with Gasteiger partial charge in [-0.05, 0) is 29.2 Å². The molecule has 1 heterocycles. The van der Waals surface area contributed by atoms with Crippen molar-refractivity contribution in [2.24, 2.45) is 5.41 Å². The monoisotopic (exact) mass is 379 g/mol. The smallest absolute Gasteiger partial charge is 0.409 e. The van der Waals surface area contributed by atoms with Gasteiger partial charge in [0.1, 0.15) is 17.8 Å². The molecule has 0 aromatic heterocycles. The second kappa shape index (κ2) is 6.78. The molecule has 144 valence electrons. The van der Waals surface area contributed by atoms with E-state index < -0.39 is 17.5 Å². The number of ketones is 1. The highest BCUT2D eigenvalue weighted by Gasteiger charge is 2.52. The molecule has 0 atom stereocenters. The van der Waals surface area contributed by atoms with Crippen molar-refractivity contribution in [2.45, 2.75) is 19.3 Å². The third kappa shape index (κ3) is 2.95. The maximum atomic E-state index is 12.4. The summed E-state index contributed by atoms with van der Waals surface area (Å²) < 4.78 is 5.53. The van der Waals surface area contributed by atoms with Crippen LogP contribution in [0.5, 0.6) is 0 Å². The highest BCUT2D eigenvalue weighted by atomic mass is 16.6. The standard InChI is InChI=1S/C22H21NO5/c1-14(24)10-22(20(25)26)12-23(13-22)21(27)28-11-19-17-8-4-2-6-15(17)16-7-3-5-9-18(16)19/h2-9,19H,10-13H2,1H3,(H,25,26). The minimum Gasteiger partial charge on any atom is -0.481 e. The van der Waals surface area contributed by atoms with Crippen LogP contribution in [-0.2, 0) is 14.3 Å². The van der Waals surface area contributed by atoms with Crippen LogP contribution in [0, 0.1) is 5.41 Å². The first-order valence-corrected chi connectivity index (χ1v) is 9.24. The van der Waals surface area contributed by atoms with Gasteiger partial charge in [0.15, 0.2) is 0 Å². The predicted molar refractivity (Wildman–Crippen MR) is 102 cm³/mol. The molecule has 0 spiro atoms. The topological polar surface area (TPSA) is 83.9 Å². The van der Waals surface area contributed by atoms with Gasteiger partial charge in [-0.3, -0.25) is 9.59 Å². The summed E-state index contributed by atoms with van der Waals surface area (Å²) in [5, 5.41) is 9.42. The van der Waals surface area contributed by atoms with Gasteiger partial charge in [0.2, 0.25) is 0 Å². The minimum absolute atomic E-state index is 0.00140. The van der Waals surface area contributed by atoms with Crippen molar-refractivity contribution < 1.29 is 24.2 Å². The van der Waals surface area contributed by atoms with Gasteiger partial charge in [-0.15, -0.1) is 0 Å².